The fraction of sp³-hybridized carbons (Fsp3) is 0.417. The molecule has 3 aromatic rings. The number of piperidine rings is 1. The maximum Gasteiger partial charge on any atom is 0.252 e. The molecule has 0 bridgehead atoms. The van der Waals surface area contributed by atoms with Crippen LogP contribution in [-0.4, -0.2) is 43.4 Å². The van der Waals surface area contributed by atoms with E-state index in [1.807, 2.05) is 6.92 Å². The summed E-state index contributed by atoms with van der Waals surface area (Å²) in [5.74, 6) is -0.116. The second kappa shape index (κ2) is 9.40. The number of fused-ring (bicyclic) bond motifs is 1. The molecule has 0 radical (unpaired) electrons. The van der Waals surface area contributed by atoms with Crippen LogP contribution in [0.5, 0.6) is 5.75 Å². The summed E-state index contributed by atoms with van der Waals surface area (Å²) in [5, 5.41) is 0. The lowest BCUT2D eigenvalue weighted by Gasteiger charge is -2.30. The largest absolute Gasteiger partial charge is 0.497 e. The predicted octanol–water partition coefficient (Wildman–Crippen LogP) is 3.88. The van der Waals surface area contributed by atoms with Gasteiger partial charge in [0.15, 0.2) is 4.80 Å². The number of carbonyl (C=O) groups excluding carboxylic acids is 1. The number of thiazole rings is 1. The number of aromatic nitrogens is 1. The van der Waals surface area contributed by atoms with Gasteiger partial charge in [0.1, 0.15) is 5.75 Å². The van der Waals surface area contributed by atoms with Crippen LogP contribution in [0.1, 0.15) is 30.9 Å². The van der Waals surface area contributed by atoms with E-state index < -0.39 is 15.9 Å². The molecule has 176 valence electrons. The molecule has 1 atom stereocenters. The monoisotopic (exact) mass is 487 g/mol. The van der Waals surface area contributed by atoms with Crippen LogP contribution in [0.4, 0.5) is 0 Å². The molecule has 4 rings (SSSR count). The summed E-state index contributed by atoms with van der Waals surface area (Å²) in [7, 11) is -2.15. The molecule has 9 heteroatoms. The third kappa shape index (κ3) is 4.62. The fourth-order valence-electron chi connectivity index (χ4n) is 4.16. The van der Waals surface area contributed by atoms with E-state index in [0.29, 0.717) is 36.5 Å². The van der Waals surface area contributed by atoms with Gasteiger partial charge in [-0.15, -0.1) is 0 Å². The molecule has 1 unspecified atom stereocenters. The fourth-order valence-corrected chi connectivity index (χ4v) is 6.86. The molecule has 1 fully saturated rings. The number of nitrogens with zero attached hydrogens (tertiary/aromatic N) is 3. The molecule has 0 spiro atoms. The molecule has 33 heavy (non-hydrogen) atoms. The molecule has 1 aliphatic heterocycles. The lowest BCUT2D eigenvalue weighted by atomic mass is 9.99. The van der Waals surface area contributed by atoms with Crippen LogP contribution in [-0.2, 0) is 21.4 Å². The maximum absolute atomic E-state index is 13.1. The van der Waals surface area contributed by atoms with Crippen LogP contribution in [0.15, 0.2) is 46.3 Å². The minimum atomic E-state index is -3.69. The molecule has 0 saturated carbocycles. The van der Waals surface area contributed by atoms with Crippen molar-refractivity contribution in [1.82, 2.24) is 8.87 Å². The van der Waals surface area contributed by atoms with Crippen LogP contribution in [0.2, 0.25) is 0 Å². The number of methoxy groups -OCH3 is 1. The van der Waals surface area contributed by atoms with Gasteiger partial charge in [-0.1, -0.05) is 11.3 Å². The number of carbonyl (C=O) groups is 1. The number of ether oxygens (including phenoxy) is 1. The molecule has 2 aromatic carbocycles. The molecule has 0 N–H and O–H groups in total. The molecule has 2 heterocycles. The Morgan fingerprint density at radius 2 is 1.88 bits per heavy atom. The third-order valence-electron chi connectivity index (χ3n) is 6.25. The molecule has 0 aliphatic carbocycles. The highest BCUT2D eigenvalue weighted by molar-refractivity contribution is 7.89. The average molecular weight is 488 g/mol. The van der Waals surface area contributed by atoms with Crippen molar-refractivity contribution in [1.29, 1.82) is 0 Å². The number of hydrogen-bond acceptors (Lipinski definition) is 5. The zero-order chi connectivity index (χ0) is 23.8. The van der Waals surface area contributed by atoms with Gasteiger partial charge in [0.2, 0.25) is 10.0 Å². The van der Waals surface area contributed by atoms with Crippen molar-refractivity contribution in [2.45, 2.75) is 45.1 Å². The Morgan fingerprint density at radius 3 is 2.55 bits per heavy atom. The summed E-state index contributed by atoms with van der Waals surface area (Å²) in [5.41, 5.74) is 3.48. The number of amides is 1. The minimum Gasteiger partial charge on any atom is -0.497 e. The number of aryl methyl sites for hydroxylation is 3. The number of rotatable bonds is 5. The highest BCUT2D eigenvalue weighted by Gasteiger charge is 2.33. The van der Waals surface area contributed by atoms with Gasteiger partial charge in [0, 0.05) is 19.6 Å². The van der Waals surface area contributed by atoms with Crippen molar-refractivity contribution < 1.29 is 17.9 Å². The standard InChI is InChI=1S/C24H29N3O4S2/c1-5-27-21-13-16(2)17(3)14-22(21)32-24(27)25-23(28)18-7-6-12-26(15-18)33(29,30)20-10-8-19(31-4)9-11-20/h8-11,13-14,18H,5-7,12,15H2,1-4H3. The first-order valence-electron chi connectivity index (χ1n) is 11.1. The summed E-state index contributed by atoms with van der Waals surface area (Å²) in [6, 6.07) is 10.6. The normalized spacial score (nSPS) is 18.1. The molecule has 1 amide bonds. The Balaban J connectivity index is 1.61. The van der Waals surface area contributed by atoms with Crippen molar-refractivity contribution >= 4 is 37.5 Å². The van der Waals surface area contributed by atoms with Gasteiger partial charge < -0.3 is 9.30 Å². The molecular formula is C24H29N3O4S2. The Bertz CT molecular complexity index is 1350. The van der Waals surface area contributed by atoms with Crippen LogP contribution in [0, 0.1) is 19.8 Å². The van der Waals surface area contributed by atoms with Crippen LogP contribution >= 0.6 is 11.3 Å². The number of hydrogen-bond donors (Lipinski definition) is 0. The maximum atomic E-state index is 13.1. The Labute approximate surface area is 198 Å². The third-order valence-corrected chi connectivity index (χ3v) is 9.17. The molecule has 1 aromatic heterocycles. The lowest BCUT2D eigenvalue weighted by molar-refractivity contribution is -0.122. The van der Waals surface area contributed by atoms with Crippen molar-refractivity contribution in [3.05, 3.63) is 52.3 Å². The van der Waals surface area contributed by atoms with Gasteiger partial charge in [-0.05, 0) is 81.1 Å². The predicted molar refractivity (Wildman–Crippen MR) is 130 cm³/mol. The summed E-state index contributed by atoms with van der Waals surface area (Å²) in [6.07, 6.45) is 1.26. The van der Waals surface area contributed by atoms with E-state index in [4.69, 9.17) is 4.74 Å². The van der Waals surface area contributed by atoms with E-state index in [0.717, 1.165) is 10.2 Å². The van der Waals surface area contributed by atoms with E-state index in [1.54, 1.807) is 12.1 Å². The van der Waals surface area contributed by atoms with Gasteiger partial charge >= 0.3 is 0 Å². The van der Waals surface area contributed by atoms with E-state index in [9.17, 15) is 13.2 Å². The topological polar surface area (TPSA) is 81.0 Å². The second-order valence-corrected chi connectivity index (χ2v) is 11.3. The van der Waals surface area contributed by atoms with E-state index in [2.05, 4.69) is 35.5 Å². The Kier molecular flexibility index (Phi) is 6.74. The van der Waals surface area contributed by atoms with Crippen molar-refractivity contribution in [2.24, 2.45) is 10.9 Å². The van der Waals surface area contributed by atoms with E-state index >= 15 is 0 Å². The van der Waals surface area contributed by atoms with Gasteiger partial charge in [-0.3, -0.25) is 4.79 Å². The zero-order valence-electron chi connectivity index (χ0n) is 19.4. The van der Waals surface area contributed by atoms with E-state index in [-0.39, 0.29) is 17.3 Å². The van der Waals surface area contributed by atoms with Crippen molar-refractivity contribution in [3.8, 4) is 5.75 Å². The summed E-state index contributed by atoms with van der Waals surface area (Å²) < 4.78 is 35.9. The smallest absolute Gasteiger partial charge is 0.252 e. The summed E-state index contributed by atoms with van der Waals surface area (Å²) >= 11 is 1.50. The van der Waals surface area contributed by atoms with Crippen molar-refractivity contribution in [3.63, 3.8) is 0 Å². The SMILES string of the molecule is CCn1c(=NC(=O)C2CCCN(S(=O)(=O)c3ccc(OC)cc3)C2)sc2cc(C)c(C)cc21. The quantitative estimate of drug-likeness (QED) is 0.547. The Hall–Kier alpha value is -2.49. The van der Waals surface area contributed by atoms with Crippen LogP contribution in [0.3, 0.4) is 0 Å². The minimum absolute atomic E-state index is 0.145. The van der Waals surface area contributed by atoms with Gasteiger partial charge in [0.25, 0.3) is 5.91 Å². The molecular weight excluding hydrogens is 458 g/mol. The first kappa shape index (κ1) is 23.7. The number of sulfonamides is 1. The Morgan fingerprint density at radius 1 is 1.18 bits per heavy atom. The van der Waals surface area contributed by atoms with Crippen LogP contribution < -0.4 is 9.54 Å². The van der Waals surface area contributed by atoms with Crippen molar-refractivity contribution in [2.75, 3.05) is 20.2 Å². The summed E-state index contributed by atoms with van der Waals surface area (Å²) in [4.78, 5) is 18.5. The highest BCUT2D eigenvalue weighted by atomic mass is 32.2. The lowest BCUT2D eigenvalue weighted by Crippen LogP contribution is -2.42. The van der Waals surface area contributed by atoms with Crippen LogP contribution in [0.25, 0.3) is 10.2 Å². The number of benzene rings is 2. The molecule has 1 saturated heterocycles. The first-order chi connectivity index (χ1) is 15.7. The van der Waals surface area contributed by atoms with Gasteiger partial charge in [-0.25, -0.2) is 8.42 Å². The second-order valence-electron chi connectivity index (χ2n) is 8.36. The zero-order valence-corrected chi connectivity index (χ0v) is 21.0. The van der Waals surface area contributed by atoms with Gasteiger partial charge in [-0.2, -0.15) is 9.30 Å². The first-order valence-corrected chi connectivity index (χ1v) is 13.3. The average Bonchev–Trinajstić information content (AvgIpc) is 3.14. The van der Waals surface area contributed by atoms with Gasteiger partial charge in [0.05, 0.1) is 28.1 Å². The summed E-state index contributed by atoms with van der Waals surface area (Å²) in [6.45, 7) is 7.44. The molecule has 7 nitrogen and oxygen atoms in total. The molecule has 1 aliphatic rings. The highest BCUT2D eigenvalue weighted by Crippen LogP contribution is 2.26. The van der Waals surface area contributed by atoms with E-state index in [1.165, 1.54) is 46.0 Å².